The number of aromatic nitrogens is 1. The Bertz CT molecular complexity index is 453. The Kier molecular flexibility index (Phi) is 5.31. The molecule has 1 aromatic heterocycles. The molecule has 2 rings (SSSR count). The highest BCUT2D eigenvalue weighted by atomic mass is 16.5. The number of nitrogens with one attached hydrogen (secondary N) is 1. The fraction of sp³-hybridized carbons (Fsp3) is 0.571. The lowest BCUT2D eigenvalue weighted by Crippen LogP contribution is -2.49. The van der Waals surface area contributed by atoms with Gasteiger partial charge >= 0.3 is 0 Å². The highest BCUT2D eigenvalue weighted by molar-refractivity contribution is 5.96. The Balaban J connectivity index is 2.07. The second-order valence-electron chi connectivity index (χ2n) is 4.51. The molecule has 0 aromatic carbocycles. The van der Waals surface area contributed by atoms with Crippen LogP contribution < -0.4 is 10.1 Å². The molecule has 1 saturated heterocycles. The monoisotopic (exact) mass is 280 g/mol. The topological polar surface area (TPSA) is 69.7 Å². The van der Waals surface area contributed by atoms with Crippen LogP contribution >= 0.6 is 0 Å². The number of hydrogen-bond donors (Lipinski definition) is 1. The first-order chi connectivity index (χ1) is 9.76. The normalized spacial score (nSPS) is 22.3. The highest BCUT2D eigenvalue weighted by Crippen LogP contribution is 2.16. The zero-order valence-corrected chi connectivity index (χ0v) is 11.8. The van der Waals surface area contributed by atoms with E-state index in [2.05, 4.69) is 10.3 Å². The zero-order chi connectivity index (χ0) is 14.4. The van der Waals surface area contributed by atoms with Crippen molar-refractivity contribution in [3.8, 4) is 5.88 Å². The van der Waals surface area contributed by atoms with Gasteiger partial charge in [-0.3, -0.25) is 4.79 Å². The van der Waals surface area contributed by atoms with Crippen molar-refractivity contribution >= 4 is 5.91 Å². The molecule has 110 valence electrons. The first kappa shape index (κ1) is 14.7. The molecule has 6 heteroatoms. The second-order valence-corrected chi connectivity index (χ2v) is 4.51. The first-order valence-electron chi connectivity index (χ1n) is 6.75. The van der Waals surface area contributed by atoms with Gasteiger partial charge in [0, 0.05) is 19.9 Å². The molecule has 2 heterocycles. The molecular weight excluding hydrogens is 260 g/mol. The van der Waals surface area contributed by atoms with Crippen molar-refractivity contribution in [1.29, 1.82) is 0 Å². The maximum absolute atomic E-state index is 12.3. The predicted octanol–water partition coefficient (Wildman–Crippen LogP) is 1.01. The van der Waals surface area contributed by atoms with Crippen molar-refractivity contribution in [1.82, 2.24) is 10.3 Å². The summed E-state index contributed by atoms with van der Waals surface area (Å²) in [6, 6.07) is 3.36. The van der Waals surface area contributed by atoms with Crippen molar-refractivity contribution < 1.29 is 19.0 Å². The number of methoxy groups -OCH3 is 1. The molecule has 0 aliphatic carbocycles. The average Bonchev–Trinajstić information content (AvgIpc) is 2.48. The van der Waals surface area contributed by atoms with Crippen LogP contribution in [0.1, 0.15) is 23.7 Å². The summed E-state index contributed by atoms with van der Waals surface area (Å²) in [6.45, 7) is 3.44. The third kappa shape index (κ3) is 3.46. The smallest absolute Gasteiger partial charge is 0.257 e. The fourth-order valence-corrected chi connectivity index (χ4v) is 2.17. The molecule has 0 saturated carbocycles. The summed E-state index contributed by atoms with van der Waals surface area (Å²) >= 11 is 0. The van der Waals surface area contributed by atoms with Crippen molar-refractivity contribution in [2.24, 2.45) is 0 Å². The minimum absolute atomic E-state index is 0.0593. The van der Waals surface area contributed by atoms with Crippen molar-refractivity contribution in [3.05, 3.63) is 23.9 Å². The largest absolute Gasteiger partial charge is 0.477 e. The Morgan fingerprint density at radius 3 is 3.20 bits per heavy atom. The van der Waals surface area contributed by atoms with E-state index in [9.17, 15) is 4.79 Å². The fourth-order valence-electron chi connectivity index (χ4n) is 2.17. The van der Waals surface area contributed by atoms with Gasteiger partial charge in [0.1, 0.15) is 11.7 Å². The van der Waals surface area contributed by atoms with Crippen molar-refractivity contribution in [3.63, 3.8) is 0 Å². The van der Waals surface area contributed by atoms with E-state index in [1.54, 1.807) is 25.4 Å². The van der Waals surface area contributed by atoms with Gasteiger partial charge in [0.05, 0.1) is 19.3 Å². The van der Waals surface area contributed by atoms with Crippen LogP contribution in [0.4, 0.5) is 0 Å². The van der Waals surface area contributed by atoms with E-state index < -0.39 is 0 Å². The van der Waals surface area contributed by atoms with Crippen molar-refractivity contribution in [2.75, 3.05) is 26.9 Å². The van der Waals surface area contributed by atoms with Crippen LogP contribution in [0.25, 0.3) is 0 Å². The summed E-state index contributed by atoms with van der Waals surface area (Å²) in [5.41, 5.74) is 0.440. The summed E-state index contributed by atoms with van der Waals surface area (Å²) < 4.78 is 16.0. The van der Waals surface area contributed by atoms with E-state index in [1.807, 2.05) is 6.92 Å². The van der Waals surface area contributed by atoms with Crippen LogP contribution in [0.15, 0.2) is 18.3 Å². The molecule has 0 radical (unpaired) electrons. The van der Waals surface area contributed by atoms with E-state index in [4.69, 9.17) is 14.2 Å². The van der Waals surface area contributed by atoms with E-state index >= 15 is 0 Å². The summed E-state index contributed by atoms with van der Waals surface area (Å²) in [4.78, 5) is 16.4. The Hall–Kier alpha value is -1.66. The van der Waals surface area contributed by atoms with Gasteiger partial charge in [-0.2, -0.15) is 0 Å². The molecular formula is C14H20N2O4. The Labute approximate surface area is 118 Å². The van der Waals surface area contributed by atoms with Gasteiger partial charge in [0.2, 0.25) is 5.88 Å². The molecule has 1 aromatic rings. The van der Waals surface area contributed by atoms with E-state index in [-0.39, 0.29) is 18.1 Å². The molecule has 1 amide bonds. The van der Waals surface area contributed by atoms with E-state index in [0.717, 1.165) is 6.42 Å². The lowest BCUT2D eigenvalue weighted by Gasteiger charge is -2.31. The molecule has 1 aliphatic heterocycles. The van der Waals surface area contributed by atoms with Gasteiger partial charge in [0.25, 0.3) is 5.91 Å². The number of hydrogen-bond acceptors (Lipinski definition) is 5. The predicted molar refractivity (Wildman–Crippen MR) is 72.9 cm³/mol. The SMILES string of the molecule is CCOc1ncccc1C(=O)N[C@@H]1CCOC[C@H]1OC. The summed E-state index contributed by atoms with van der Waals surface area (Å²) in [6.07, 6.45) is 2.21. The quantitative estimate of drug-likeness (QED) is 0.872. The van der Waals surface area contributed by atoms with Crippen LogP contribution in [0.5, 0.6) is 5.88 Å². The number of amides is 1. The van der Waals surface area contributed by atoms with Gasteiger partial charge < -0.3 is 19.5 Å². The summed E-state index contributed by atoms with van der Waals surface area (Å²) in [5, 5.41) is 2.97. The van der Waals surface area contributed by atoms with Gasteiger partial charge in [-0.25, -0.2) is 4.98 Å². The average molecular weight is 280 g/mol. The zero-order valence-electron chi connectivity index (χ0n) is 11.8. The molecule has 20 heavy (non-hydrogen) atoms. The molecule has 1 fully saturated rings. The van der Waals surface area contributed by atoms with E-state index in [0.29, 0.717) is 31.3 Å². The first-order valence-corrected chi connectivity index (χ1v) is 6.75. The summed E-state index contributed by atoms with van der Waals surface area (Å²) in [7, 11) is 1.62. The minimum Gasteiger partial charge on any atom is -0.477 e. The standard InChI is InChI=1S/C14H20N2O4/c1-3-20-14-10(5-4-7-15-14)13(17)16-11-6-8-19-9-12(11)18-2/h4-5,7,11-12H,3,6,8-9H2,1-2H3,(H,16,17)/t11-,12-/m1/s1. The molecule has 0 unspecified atom stereocenters. The molecule has 1 aliphatic rings. The lowest BCUT2D eigenvalue weighted by molar-refractivity contribution is -0.0479. The number of nitrogens with zero attached hydrogens (tertiary/aromatic N) is 1. The lowest BCUT2D eigenvalue weighted by atomic mass is 10.1. The molecule has 6 nitrogen and oxygen atoms in total. The van der Waals surface area contributed by atoms with Gasteiger partial charge in [-0.15, -0.1) is 0 Å². The Morgan fingerprint density at radius 2 is 2.45 bits per heavy atom. The van der Waals surface area contributed by atoms with Crippen LogP contribution in [0, 0.1) is 0 Å². The number of carbonyl (C=O) groups excluding carboxylic acids is 1. The Morgan fingerprint density at radius 1 is 1.60 bits per heavy atom. The number of rotatable bonds is 5. The maximum atomic E-state index is 12.3. The maximum Gasteiger partial charge on any atom is 0.257 e. The highest BCUT2D eigenvalue weighted by Gasteiger charge is 2.28. The number of pyridine rings is 1. The van der Waals surface area contributed by atoms with Gasteiger partial charge in [-0.05, 0) is 25.5 Å². The number of carbonyl (C=O) groups is 1. The van der Waals surface area contributed by atoms with Gasteiger partial charge in [0.15, 0.2) is 0 Å². The third-order valence-corrected chi connectivity index (χ3v) is 3.22. The molecule has 0 bridgehead atoms. The van der Waals surface area contributed by atoms with Crippen molar-refractivity contribution in [2.45, 2.75) is 25.5 Å². The second kappa shape index (κ2) is 7.21. The van der Waals surface area contributed by atoms with Crippen LogP contribution in [0.2, 0.25) is 0 Å². The van der Waals surface area contributed by atoms with E-state index in [1.165, 1.54) is 0 Å². The summed E-state index contributed by atoms with van der Waals surface area (Å²) in [5.74, 6) is 0.157. The molecule has 0 spiro atoms. The minimum atomic E-state index is -0.199. The van der Waals surface area contributed by atoms with Crippen LogP contribution in [0.3, 0.4) is 0 Å². The van der Waals surface area contributed by atoms with Crippen LogP contribution in [-0.4, -0.2) is 50.0 Å². The van der Waals surface area contributed by atoms with Crippen LogP contribution in [-0.2, 0) is 9.47 Å². The third-order valence-electron chi connectivity index (χ3n) is 3.22. The van der Waals surface area contributed by atoms with Gasteiger partial charge in [-0.1, -0.05) is 0 Å². The molecule has 2 atom stereocenters. The number of ether oxygens (including phenoxy) is 3. The molecule has 1 N–H and O–H groups in total.